The number of rotatable bonds is 3. The molecule has 3 aromatic rings. The zero-order chi connectivity index (χ0) is 21.0. The van der Waals surface area contributed by atoms with E-state index in [0.717, 1.165) is 16.9 Å². The smallest absolute Gasteiger partial charge is 0.335 e. The summed E-state index contributed by atoms with van der Waals surface area (Å²) in [6.45, 7) is 9.29. The highest BCUT2D eigenvalue weighted by Crippen LogP contribution is 2.46. The standard InChI is InChI=1S/C24H26N2O2S/c1-23(2)11-12-24(3,4)19-13-16(7-10-18(19)23)20-14-26(22(29)25-20)17-8-5-15(6-9-17)21(27)28/h5-10,13-14H,11-12H2,1-4H3,(H,25,29)(H,27,28). The number of nitrogens with zero attached hydrogens (tertiary/aromatic N) is 1. The molecule has 0 unspecified atom stereocenters. The zero-order valence-electron chi connectivity index (χ0n) is 17.2. The molecule has 0 amide bonds. The highest BCUT2D eigenvalue weighted by molar-refractivity contribution is 7.71. The van der Waals surface area contributed by atoms with Gasteiger partial charge in [-0.05, 0) is 82.9 Å². The van der Waals surface area contributed by atoms with Gasteiger partial charge in [-0.3, -0.25) is 4.57 Å². The average molecular weight is 407 g/mol. The molecular weight excluding hydrogens is 380 g/mol. The van der Waals surface area contributed by atoms with E-state index in [1.54, 1.807) is 24.3 Å². The summed E-state index contributed by atoms with van der Waals surface area (Å²) >= 11 is 5.53. The van der Waals surface area contributed by atoms with Gasteiger partial charge in [0.25, 0.3) is 0 Å². The number of carboxylic acids is 1. The Balaban J connectivity index is 1.77. The second kappa shape index (κ2) is 6.70. The van der Waals surface area contributed by atoms with E-state index in [2.05, 4.69) is 50.9 Å². The number of H-pyrrole nitrogens is 1. The first-order chi connectivity index (χ1) is 13.6. The van der Waals surface area contributed by atoms with Crippen molar-refractivity contribution in [1.82, 2.24) is 9.55 Å². The fourth-order valence-electron chi connectivity index (χ4n) is 4.25. The molecule has 150 valence electrons. The van der Waals surface area contributed by atoms with Gasteiger partial charge in [0, 0.05) is 11.9 Å². The third-order valence-corrected chi connectivity index (χ3v) is 6.57. The molecule has 0 saturated carbocycles. The van der Waals surface area contributed by atoms with Crippen LogP contribution in [0, 0.1) is 4.77 Å². The maximum Gasteiger partial charge on any atom is 0.335 e. The molecule has 5 heteroatoms. The van der Waals surface area contributed by atoms with E-state index in [-0.39, 0.29) is 16.4 Å². The summed E-state index contributed by atoms with van der Waals surface area (Å²) in [5.41, 5.74) is 6.34. The van der Waals surface area contributed by atoms with Gasteiger partial charge in [-0.2, -0.15) is 0 Å². The highest BCUT2D eigenvalue weighted by atomic mass is 32.1. The minimum atomic E-state index is -0.936. The first-order valence-electron chi connectivity index (χ1n) is 9.89. The first-order valence-corrected chi connectivity index (χ1v) is 10.3. The number of imidazole rings is 1. The number of fused-ring (bicyclic) bond motifs is 1. The lowest BCUT2D eigenvalue weighted by Crippen LogP contribution is -2.33. The molecule has 4 nitrogen and oxygen atoms in total. The van der Waals surface area contributed by atoms with Crippen molar-refractivity contribution in [3.8, 4) is 16.9 Å². The van der Waals surface area contributed by atoms with E-state index in [0.29, 0.717) is 4.77 Å². The molecule has 0 fully saturated rings. The summed E-state index contributed by atoms with van der Waals surface area (Å²) in [6, 6.07) is 13.5. The predicted molar refractivity (Wildman–Crippen MR) is 119 cm³/mol. The number of carboxylic acid groups (broad SMARTS) is 1. The monoisotopic (exact) mass is 406 g/mol. The van der Waals surface area contributed by atoms with Crippen LogP contribution in [0.25, 0.3) is 16.9 Å². The van der Waals surface area contributed by atoms with Crippen LogP contribution in [0.1, 0.15) is 62.0 Å². The van der Waals surface area contributed by atoms with Gasteiger partial charge in [0.1, 0.15) is 0 Å². The second-order valence-electron chi connectivity index (χ2n) is 9.22. The SMILES string of the molecule is CC1(C)CCC(C)(C)c2cc(-c3cn(-c4ccc(C(=O)O)cc4)c(=S)[nH]3)ccc21. The van der Waals surface area contributed by atoms with Crippen molar-refractivity contribution in [3.05, 3.63) is 70.1 Å². The summed E-state index contributed by atoms with van der Waals surface area (Å²) in [7, 11) is 0. The minimum absolute atomic E-state index is 0.146. The van der Waals surface area contributed by atoms with Crippen molar-refractivity contribution in [2.45, 2.75) is 51.4 Å². The Morgan fingerprint density at radius 3 is 2.24 bits per heavy atom. The Morgan fingerprint density at radius 2 is 1.62 bits per heavy atom. The number of aromatic carboxylic acids is 1. The van der Waals surface area contributed by atoms with Crippen LogP contribution in [0.4, 0.5) is 0 Å². The Labute approximate surface area is 176 Å². The molecular formula is C24H26N2O2S. The van der Waals surface area contributed by atoms with Crippen LogP contribution in [0.3, 0.4) is 0 Å². The van der Waals surface area contributed by atoms with Crippen LogP contribution < -0.4 is 0 Å². The second-order valence-corrected chi connectivity index (χ2v) is 9.61. The molecule has 2 aromatic carbocycles. The zero-order valence-corrected chi connectivity index (χ0v) is 18.1. The number of carbonyl (C=O) groups is 1. The quantitative estimate of drug-likeness (QED) is 0.506. The number of hydrogen-bond acceptors (Lipinski definition) is 2. The van der Waals surface area contributed by atoms with E-state index >= 15 is 0 Å². The van der Waals surface area contributed by atoms with E-state index in [1.807, 2.05) is 10.8 Å². The molecule has 0 saturated heterocycles. The van der Waals surface area contributed by atoms with Crippen molar-refractivity contribution < 1.29 is 9.90 Å². The highest BCUT2D eigenvalue weighted by Gasteiger charge is 2.37. The van der Waals surface area contributed by atoms with Gasteiger partial charge in [-0.25, -0.2) is 4.79 Å². The Kier molecular flexibility index (Phi) is 4.54. The van der Waals surface area contributed by atoms with Crippen LogP contribution in [-0.2, 0) is 10.8 Å². The summed E-state index contributed by atoms with van der Waals surface area (Å²) < 4.78 is 2.46. The topological polar surface area (TPSA) is 58.0 Å². The third-order valence-electron chi connectivity index (χ3n) is 6.27. The van der Waals surface area contributed by atoms with Gasteiger partial charge in [-0.15, -0.1) is 0 Å². The predicted octanol–water partition coefficient (Wildman–Crippen LogP) is 6.25. The number of aromatic amines is 1. The van der Waals surface area contributed by atoms with Crippen LogP contribution in [0.15, 0.2) is 48.7 Å². The van der Waals surface area contributed by atoms with Crippen molar-refractivity contribution in [2.24, 2.45) is 0 Å². The molecule has 1 aliphatic carbocycles. The van der Waals surface area contributed by atoms with Crippen LogP contribution in [0.2, 0.25) is 0 Å². The van der Waals surface area contributed by atoms with Crippen LogP contribution in [-0.4, -0.2) is 20.6 Å². The lowest BCUT2D eigenvalue weighted by molar-refractivity contribution is 0.0697. The van der Waals surface area contributed by atoms with E-state index in [4.69, 9.17) is 17.3 Å². The summed E-state index contributed by atoms with van der Waals surface area (Å²) in [6.07, 6.45) is 4.35. The summed E-state index contributed by atoms with van der Waals surface area (Å²) in [5, 5.41) is 9.10. The lowest BCUT2D eigenvalue weighted by atomic mass is 9.63. The van der Waals surface area contributed by atoms with Crippen LogP contribution >= 0.6 is 12.2 Å². The molecule has 0 spiro atoms. The van der Waals surface area contributed by atoms with Gasteiger partial charge in [0.2, 0.25) is 0 Å². The van der Waals surface area contributed by atoms with Crippen LogP contribution in [0.5, 0.6) is 0 Å². The Hall–Kier alpha value is -2.66. The maximum atomic E-state index is 11.1. The number of hydrogen-bond donors (Lipinski definition) is 2. The van der Waals surface area contributed by atoms with E-state index in [9.17, 15) is 4.79 Å². The fourth-order valence-corrected chi connectivity index (χ4v) is 4.52. The van der Waals surface area contributed by atoms with Gasteiger partial charge in [0.05, 0.1) is 11.3 Å². The minimum Gasteiger partial charge on any atom is -0.478 e. The normalized spacial score (nSPS) is 17.0. The Bertz CT molecular complexity index is 1150. The summed E-state index contributed by atoms with van der Waals surface area (Å²) in [4.78, 5) is 14.4. The molecule has 0 bridgehead atoms. The van der Waals surface area contributed by atoms with Crippen molar-refractivity contribution in [2.75, 3.05) is 0 Å². The molecule has 1 heterocycles. The average Bonchev–Trinajstić information content (AvgIpc) is 3.07. The first kappa shape index (κ1) is 19.6. The number of nitrogens with one attached hydrogen (secondary N) is 1. The van der Waals surface area contributed by atoms with Crippen molar-refractivity contribution in [1.29, 1.82) is 0 Å². The number of aromatic nitrogens is 2. The van der Waals surface area contributed by atoms with Gasteiger partial charge in [0.15, 0.2) is 4.77 Å². The maximum absolute atomic E-state index is 11.1. The lowest BCUT2D eigenvalue weighted by Gasteiger charge is -2.42. The third kappa shape index (κ3) is 3.44. The molecule has 2 N–H and O–H groups in total. The van der Waals surface area contributed by atoms with Gasteiger partial charge in [-0.1, -0.05) is 39.8 Å². The summed E-state index contributed by atoms with van der Waals surface area (Å²) in [5.74, 6) is -0.936. The fraction of sp³-hybridized carbons (Fsp3) is 0.333. The van der Waals surface area contributed by atoms with Crippen molar-refractivity contribution in [3.63, 3.8) is 0 Å². The molecule has 1 aliphatic rings. The van der Waals surface area contributed by atoms with E-state index in [1.165, 1.54) is 24.0 Å². The largest absolute Gasteiger partial charge is 0.478 e. The number of benzene rings is 2. The molecule has 4 rings (SSSR count). The van der Waals surface area contributed by atoms with Gasteiger partial charge < -0.3 is 10.1 Å². The van der Waals surface area contributed by atoms with Crippen molar-refractivity contribution >= 4 is 18.2 Å². The molecule has 0 atom stereocenters. The molecule has 29 heavy (non-hydrogen) atoms. The molecule has 0 aliphatic heterocycles. The van der Waals surface area contributed by atoms with Gasteiger partial charge >= 0.3 is 5.97 Å². The van der Waals surface area contributed by atoms with E-state index < -0.39 is 5.97 Å². The molecule has 0 radical (unpaired) electrons. The molecule has 1 aromatic heterocycles. The Morgan fingerprint density at radius 1 is 1.00 bits per heavy atom.